The van der Waals surface area contributed by atoms with Crippen molar-refractivity contribution in [3.63, 3.8) is 0 Å². The number of nitrogens with zero attached hydrogens (tertiary/aromatic N) is 1. The van der Waals surface area contributed by atoms with Crippen LogP contribution in [0.5, 0.6) is 5.75 Å². The first-order chi connectivity index (χ1) is 9.74. The van der Waals surface area contributed by atoms with Gasteiger partial charge in [0.2, 0.25) is 0 Å². The van der Waals surface area contributed by atoms with E-state index in [2.05, 4.69) is 17.1 Å². The summed E-state index contributed by atoms with van der Waals surface area (Å²) in [6, 6.07) is 8.42. The zero-order valence-electron chi connectivity index (χ0n) is 12.5. The number of rotatable bonds is 9. The number of ether oxygens (including phenoxy) is 1. The minimum atomic E-state index is -0.485. The van der Waals surface area contributed by atoms with Crippen LogP contribution in [0, 0.1) is 0 Å². The third-order valence-electron chi connectivity index (χ3n) is 3.86. The summed E-state index contributed by atoms with van der Waals surface area (Å²) in [5.74, 6) is 0.785. The smallest absolute Gasteiger partial charge is 0.119 e. The summed E-state index contributed by atoms with van der Waals surface area (Å²) in [5.41, 5.74) is 0.895. The second-order valence-electron chi connectivity index (χ2n) is 5.36. The molecule has 1 unspecified atom stereocenters. The lowest BCUT2D eigenvalue weighted by Crippen LogP contribution is -2.35. The Bertz CT molecular complexity index is 407. The number of methoxy groups -OCH3 is 1. The molecule has 4 heteroatoms. The molecule has 0 spiro atoms. The molecular formula is C16H26N2O2. The fourth-order valence-electron chi connectivity index (χ4n) is 2.47. The lowest BCUT2D eigenvalue weighted by molar-refractivity contribution is 0.171. The van der Waals surface area contributed by atoms with Gasteiger partial charge in [0.1, 0.15) is 5.75 Å². The zero-order chi connectivity index (χ0) is 14.4. The van der Waals surface area contributed by atoms with Gasteiger partial charge in [-0.2, -0.15) is 0 Å². The number of likely N-dealkylation sites (N-methyl/N-ethyl adjacent to an activating group) is 1. The molecule has 20 heavy (non-hydrogen) atoms. The van der Waals surface area contributed by atoms with Gasteiger partial charge in [0.25, 0.3) is 0 Å². The molecule has 4 nitrogen and oxygen atoms in total. The van der Waals surface area contributed by atoms with Crippen LogP contribution in [-0.2, 0) is 0 Å². The van der Waals surface area contributed by atoms with Gasteiger partial charge in [0, 0.05) is 25.7 Å². The summed E-state index contributed by atoms with van der Waals surface area (Å²) in [6.45, 7) is 5.89. The number of aliphatic hydroxyl groups excluding tert-OH is 1. The van der Waals surface area contributed by atoms with Crippen molar-refractivity contribution in [1.82, 2.24) is 10.2 Å². The van der Waals surface area contributed by atoms with Gasteiger partial charge in [-0.25, -0.2) is 0 Å². The molecule has 0 amide bonds. The highest BCUT2D eigenvalue weighted by atomic mass is 16.5. The van der Waals surface area contributed by atoms with Gasteiger partial charge in [-0.1, -0.05) is 19.1 Å². The highest BCUT2D eigenvalue weighted by Gasteiger charge is 2.27. The van der Waals surface area contributed by atoms with Gasteiger partial charge in [0.15, 0.2) is 0 Å². The van der Waals surface area contributed by atoms with Crippen LogP contribution >= 0.6 is 0 Å². The van der Waals surface area contributed by atoms with Gasteiger partial charge in [-0.3, -0.25) is 4.90 Å². The molecule has 2 rings (SSSR count). The average molecular weight is 278 g/mol. The largest absolute Gasteiger partial charge is 0.497 e. The van der Waals surface area contributed by atoms with Crippen LogP contribution in [0.4, 0.5) is 0 Å². The molecule has 0 heterocycles. The first-order valence-electron chi connectivity index (χ1n) is 7.51. The normalized spacial score (nSPS) is 16.4. The Balaban J connectivity index is 1.70. The molecule has 0 radical (unpaired) electrons. The molecule has 1 aliphatic rings. The molecule has 1 aliphatic carbocycles. The Hall–Kier alpha value is -1.10. The second-order valence-corrected chi connectivity index (χ2v) is 5.36. The Morgan fingerprint density at radius 3 is 2.90 bits per heavy atom. The van der Waals surface area contributed by atoms with Crippen LogP contribution in [0.15, 0.2) is 24.3 Å². The Kier molecular flexibility index (Phi) is 5.83. The maximum Gasteiger partial charge on any atom is 0.119 e. The molecular weight excluding hydrogens is 252 g/mol. The highest BCUT2D eigenvalue weighted by Crippen LogP contribution is 2.25. The van der Waals surface area contributed by atoms with E-state index in [0.29, 0.717) is 6.54 Å². The van der Waals surface area contributed by atoms with Crippen LogP contribution in [0.3, 0.4) is 0 Å². The fourth-order valence-corrected chi connectivity index (χ4v) is 2.47. The van der Waals surface area contributed by atoms with Crippen molar-refractivity contribution in [2.75, 3.05) is 33.3 Å². The average Bonchev–Trinajstić information content (AvgIpc) is 3.32. The first kappa shape index (κ1) is 15.3. The van der Waals surface area contributed by atoms with Crippen molar-refractivity contribution < 1.29 is 9.84 Å². The van der Waals surface area contributed by atoms with Crippen LogP contribution in [0.25, 0.3) is 0 Å². The van der Waals surface area contributed by atoms with Crippen molar-refractivity contribution in [3.05, 3.63) is 29.8 Å². The lowest BCUT2D eigenvalue weighted by atomic mass is 10.1. The van der Waals surface area contributed by atoms with Gasteiger partial charge in [-0.15, -0.1) is 0 Å². The van der Waals surface area contributed by atoms with E-state index >= 15 is 0 Å². The van der Waals surface area contributed by atoms with Crippen LogP contribution in [0.2, 0.25) is 0 Å². The molecule has 1 atom stereocenters. The number of benzene rings is 1. The van der Waals surface area contributed by atoms with Gasteiger partial charge >= 0.3 is 0 Å². The summed E-state index contributed by atoms with van der Waals surface area (Å²) in [5, 5.41) is 13.5. The van der Waals surface area contributed by atoms with Crippen molar-refractivity contribution in [2.45, 2.75) is 31.9 Å². The van der Waals surface area contributed by atoms with Crippen molar-refractivity contribution in [3.8, 4) is 5.75 Å². The summed E-state index contributed by atoms with van der Waals surface area (Å²) in [6.07, 6.45) is 2.21. The maximum absolute atomic E-state index is 10.2. The quantitative estimate of drug-likeness (QED) is 0.676. The summed E-state index contributed by atoms with van der Waals surface area (Å²) in [7, 11) is 1.64. The SMILES string of the molecule is CCN(CCNCC(O)c1cccc(OC)c1)C1CC1. The van der Waals surface area contributed by atoms with E-state index in [1.807, 2.05) is 24.3 Å². The van der Waals surface area contributed by atoms with E-state index in [4.69, 9.17) is 4.74 Å². The predicted molar refractivity (Wildman–Crippen MR) is 81.1 cm³/mol. The third kappa shape index (κ3) is 4.47. The predicted octanol–water partition coefficient (Wildman–Crippen LogP) is 1.80. The minimum absolute atomic E-state index is 0.485. The Morgan fingerprint density at radius 1 is 1.45 bits per heavy atom. The van der Waals surface area contributed by atoms with E-state index in [1.165, 1.54) is 12.8 Å². The monoisotopic (exact) mass is 278 g/mol. The van der Waals surface area contributed by atoms with Crippen LogP contribution in [-0.4, -0.2) is 49.3 Å². The van der Waals surface area contributed by atoms with Gasteiger partial charge < -0.3 is 15.2 Å². The van der Waals surface area contributed by atoms with Gasteiger partial charge in [-0.05, 0) is 37.1 Å². The van der Waals surface area contributed by atoms with Crippen molar-refractivity contribution >= 4 is 0 Å². The van der Waals surface area contributed by atoms with E-state index in [9.17, 15) is 5.11 Å². The van der Waals surface area contributed by atoms with Crippen LogP contribution < -0.4 is 10.1 Å². The minimum Gasteiger partial charge on any atom is -0.497 e. The van der Waals surface area contributed by atoms with Crippen LogP contribution in [0.1, 0.15) is 31.4 Å². The van der Waals surface area contributed by atoms with Crippen molar-refractivity contribution in [1.29, 1.82) is 0 Å². The van der Waals surface area contributed by atoms with E-state index in [0.717, 1.165) is 37.0 Å². The molecule has 1 fully saturated rings. The highest BCUT2D eigenvalue weighted by molar-refractivity contribution is 5.29. The fraction of sp³-hybridized carbons (Fsp3) is 0.625. The molecule has 1 saturated carbocycles. The van der Waals surface area contributed by atoms with Gasteiger partial charge in [0.05, 0.1) is 13.2 Å². The van der Waals surface area contributed by atoms with E-state index < -0.39 is 6.10 Å². The molecule has 0 saturated heterocycles. The topological polar surface area (TPSA) is 44.7 Å². The molecule has 1 aromatic carbocycles. The van der Waals surface area contributed by atoms with E-state index in [1.54, 1.807) is 7.11 Å². The Morgan fingerprint density at radius 2 is 2.25 bits per heavy atom. The molecule has 0 aromatic heterocycles. The number of aliphatic hydroxyl groups is 1. The first-order valence-corrected chi connectivity index (χ1v) is 7.51. The second kappa shape index (κ2) is 7.62. The lowest BCUT2D eigenvalue weighted by Gasteiger charge is -2.20. The van der Waals surface area contributed by atoms with Crippen molar-refractivity contribution in [2.24, 2.45) is 0 Å². The standard InChI is InChI=1S/C16H26N2O2/c1-3-18(14-7-8-14)10-9-17-12-16(19)13-5-4-6-15(11-13)20-2/h4-6,11,14,16-17,19H,3,7-10,12H2,1-2H3. The molecule has 0 aliphatic heterocycles. The maximum atomic E-state index is 10.2. The summed E-state index contributed by atoms with van der Waals surface area (Å²) >= 11 is 0. The molecule has 112 valence electrons. The summed E-state index contributed by atoms with van der Waals surface area (Å²) in [4.78, 5) is 2.50. The number of hydrogen-bond acceptors (Lipinski definition) is 4. The Labute approximate surface area is 121 Å². The zero-order valence-corrected chi connectivity index (χ0v) is 12.5. The molecule has 2 N–H and O–H groups in total. The molecule has 0 bridgehead atoms. The number of hydrogen-bond donors (Lipinski definition) is 2. The van der Waals surface area contributed by atoms with E-state index in [-0.39, 0.29) is 0 Å². The summed E-state index contributed by atoms with van der Waals surface area (Å²) < 4.78 is 5.17. The number of nitrogens with one attached hydrogen (secondary N) is 1. The molecule has 1 aromatic rings. The third-order valence-corrected chi connectivity index (χ3v) is 3.86.